The van der Waals surface area contributed by atoms with Crippen LogP contribution in [0.1, 0.15) is 81.5 Å². The van der Waals surface area contributed by atoms with Gasteiger partial charge in [-0.15, -0.1) is 0 Å². The molecule has 12 heteroatoms. The zero-order chi connectivity index (χ0) is 39.6. The molecular weight excluding hydrogens is 719 g/mol. The molecule has 1 saturated heterocycles. The van der Waals surface area contributed by atoms with Gasteiger partial charge in [-0.3, -0.25) is 19.6 Å². The van der Waals surface area contributed by atoms with Gasteiger partial charge in [-0.05, 0) is 89.8 Å². The highest BCUT2D eigenvalue weighted by Crippen LogP contribution is 2.54. The summed E-state index contributed by atoms with van der Waals surface area (Å²) in [6.07, 6.45) is 10.5. The first kappa shape index (κ1) is 38.3. The molecule has 8 rings (SSSR count). The summed E-state index contributed by atoms with van der Waals surface area (Å²) in [5, 5.41) is 15.9. The molecule has 3 amide bonds. The van der Waals surface area contributed by atoms with Crippen molar-refractivity contribution in [3.63, 3.8) is 0 Å². The van der Waals surface area contributed by atoms with Gasteiger partial charge in [0.2, 0.25) is 11.8 Å². The monoisotopic (exact) mass is 769 g/mol. The Labute approximate surface area is 333 Å². The number of nitrogens with one attached hydrogen (secondary N) is 3. The lowest BCUT2D eigenvalue weighted by Gasteiger charge is -2.31. The maximum Gasteiger partial charge on any atom is 0.407 e. The van der Waals surface area contributed by atoms with Gasteiger partial charge in [0.25, 0.3) is 0 Å². The highest BCUT2D eigenvalue weighted by atomic mass is 16.5. The molecule has 2 bridgehead atoms. The smallest absolute Gasteiger partial charge is 0.407 e. The number of carbonyl (C=O) groups is 3. The minimum atomic E-state index is -0.681. The second kappa shape index (κ2) is 16.5. The first-order chi connectivity index (χ1) is 27.7. The average molecular weight is 770 g/mol. The Hall–Kier alpha value is -5.62. The molecule has 57 heavy (non-hydrogen) atoms. The van der Waals surface area contributed by atoms with Crippen molar-refractivity contribution in [3.8, 4) is 22.4 Å². The number of pyridine rings is 1. The Bertz CT molecular complexity index is 2150. The molecule has 0 spiro atoms. The number of aliphatic imine (C=N–C) groups is 1. The minimum absolute atomic E-state index is 0.00465. The lowest BCUT2D eigenvalue weighted by atomic mass is 9.74. The quantitative estimate of drug-likeness (QED) is 0.122. The van der Waals surface area contributed by atoms with E-state index in [0.29, 0.717) is 24.1 Å². The lowest BCUT2D eigenvalue weighted by molar-refractivity contribution is -0.135. The standard InChI is InChI=1S/C45H51N7O5/c1-26(2)41(51-45(56)57-3)44(55)52-20-6-8-38(52)42-48-24-36(49-42)30-15-13-28(14-16-30)27-9-11-29(12-10-27)33-22-35(47-23-33)39-31-17-18-32(21-31)40(39)43(54)50-37(25-53)34-7-4-5-19-46-34/h4-5,7,9-16,19,23-24,26,31-32,37-41,53H,6,8,17-18,20-22,25H2,1-3H3,(H,48,49)(H,50,54)(H,51,56)/t31?,32?,37?,38-,39+,40-,41-/m0/s1. The van der Waals surface area contributed by atoms with Gasteiger partial charge in [0.05, 0.1) is 43.4 Å². The SMILES string of the molecule is COC(=O)N[C@H](C(=O)N1CCC[C@H]1c1ncc(-c2ccc(-c3ccc(C4=CN=C([C@H]5C6CCC(C6)[C@@H]5C(=O)NC(CO)c5ccccn5)C4)cc3)cc2)[nH]1)C(C)C. The van der Waals surface area contributed by atoms with E-state index in [4.69, 9.17) is 9.73 Å². The number of benzene rings is 2. The van der Waals surface area contributed by atoms with Crippen molar-refractivity contribution in [2.45, 2.75) is 70.5 Å². The van der Waals surface area contributed by atoms with Gasteiger partial charge in [-0.2, -0.15) is 0 Å². The molecule has 3 fully saturated rings. The number of fused-ring (bicyclic) bond motifs is 2. The van der Waals surface area contributed by atoms with Crippen LogP contribution in [0.5, 0.6) is 0 Å². The summed E-state index contributed by atoms with van der Waals surface area (Å²) in [7, 11) is 1.30. The van der Waals surface area contributed by atoms with E-state index in [2.05, 4.69) is 74.1 Å². The lowest BCUT2D eigenvalue weighted by Crippen LogP contribution is -2.51. The Balaban J connectivity index is 0.895. The zero-order valence-electron chi connectivity index (χ0n) is 32.7. The van der Waals surface area contributed by atoms with Gasteiger partial charge in [-0.25, -0.2) is 9.78 Å². The molecule has 2 saturated carbocycles. The van der Waals surface area contributed by atoms with E-state index in [1.165, 1.54) is 7.11 Å². The van der Waals surface area contributed by atoms with Crippen LogP contribution >= 0.6 is 0 Å². The van der Waals surface area contributed by atoms with Crippen LogP contribution in [0.4, 0.5) is 4.79 Å². The fourth-order valence-electron chi connectivity index (χ4n) is 9.60. The van der Waals surface area contributed by atoms with Gasteiger partial charge in [0, 0.05) is 42.9 Å². The number of nitrogens with zero attached hydrogens (tertiary/aromatic N) is 4. The number of carbonyl (C=O) groups excluding carboxylic acids is 3. The third kappa shape index (κ3) is 7.75. The Morgan fingerprint density at radius 2 is 1.63 bits per heavy atom. The summed E-state index contributed by atoms with van der Waals surface area (Å²) in [6.45, 7) is 4.22. The van der Waals surface area contributed by atoms with Crippen LogP contribution in [-0.2, 0) is 14.3 Å². The number of methoxy groups -OCH3 is 1. The molecule has 4 aliphatic rings. The number of alkyl carbamates (subject to hydrolysis) is 1. The van der Waals surface area contributed by atoms with Crippen molar-refractivity contribution < 1.29 is 24.2 Å². The van der Waals surface area contributed by atoms with Crippen LogP contribution in [-0.4, -0.2) is 74.9 Å². The highest BCUT2D eigenvalue weighted by Gasteiger charge is 2.53. The minimum Gasteiger partial charge on any atom is -0.453 e. The fourth-order valence-corrected chi connectivity index (χ4v) is 9.60. The first-order valence-electron chi connectivity index (χ1n) is 20.2. The van der Waals surface area contributed by atoms with E-state index in [1.54, 1.807) is 6.20 Å². The number of ether oxygens (including phenoxy) is 1. The number of rotatable bonds is 12. The molecule has 7 atom stereocenters. The van der Waals surface area contributed by atoms with E-state index in [0.717, 1.165) is 83.6 Å². The molecule has 4 aromatic rings. The summed E-state index contributed by atoms with van der Waals surface area (Å²) < 4.78 is 4.76. The van der Waals surface area contributed by atoms with Crippen molar-refractivity contribution >= 4 is 29.2 Å². The molecule has 12 nitrogen and oxygen atoms in total. The topological polar surface area (TPSA) is 162 Å². The van der Waals surface area contributed by atoms with Crippen LogP contribution in [0.2, 0.25) is 0 Å². The number of hydrogen-bond acceptors (Lipinski definition) is 8. The Morgan fingerprint density at radius 3 is 2.32 bits per heavy atom. The number of imidazole rings is 1. The van der Waals surface area contributed by atoms with E-state index in [-0.39, 0.29) is 42.2 Å². The van der Waals surface area contributed by atoms with E-state index >= 15 is 0 Å². The molecular formula is C45H51N7O5. The van der Waals surface area contributed by atoms with Crippen molar-refractivity contribution in [3.05, 3.63) is 102 Å². The molecule has 3 unspecified atom stereocenters. The van der Waals surface area contributed by atoms with Gasteiger partial charge in [0.1, 0.15) is 11.9 Å². The van der Waals surface area contributed by atoms with Gasteiger partial charge < -0.3 is 30.4 Å². The summed E-state index contributed by atoms with van der Waals surface area (Å²) in [4.78, 5) is 58.6. The number of amides is 3. The maximum absolute atomic E-state index is 13.8. The van der Waals surface area contributed by atoms with Crippen LogP contribution in [0.25, 0.3) is 28.0 Å². The Kier molecular flexibility index (Phi) is 11.1. The van der Waals surface area contributed by atoms with Gasteiger partial charge in [-0.1, -0.05) is 68.4 Å². The maximum atomic E-state index is 13.8. The zero-order valence-corrected chi connectivity index (χ0v) is 32.7. The predicted molar refractivity (Wildman–Crippen MR) is 217 cm³/mol. The molecule has 0 radical (unpaired) electrons. The number of allylic oxidation sites excluding steroid dienone is 1. The van der Waals surface area contributed by atoms with Crippen LogP contribution in [0.3, 0.4) is 0 Å². The van der Waals surface area contributed by atoms with Crippen LogP contribution < -0.4 is 10.6 Å². The number of aromatic amines is 1. The summed E-state index contributed by atoms with van der Waals surface area (Å²) in [5.74, 6) is 1.26. The summed E-state index contributed by atoms with van der Waals surface area (Å²) in [5.41, 5.74) is 8.11. The molecule has 2 aliphatic heterocycles. The van der Waals surface area contributed by atoms with Crippen molar-refractivity contribution in [2.75, 3.05) is 20.3 Å². The normalized spacial score (nSPS) is 23.6. The molecule has 296 valence electrons. The molecule has 2 aliphatic carbocycles. The number of aromatic nitrogens is 3. The van der Waals surface area contributed by atoms with Gasteiger partial charge >= 0.3 is 6.09 Å². The largest absolute Gasteiger partial charge is 0.453 e. The van der Waals surface area contributed by atoms with Gasteiger partial charge in [0.15, 0.2) is 0 Å². The third-order valence-electron chi connectivity index (χ3n) is 12.5. The molecule has 4 heterocycles. The molecule has 4 N–H and O–H groups in total. The summed E-state index contributed by atoms with van der Waals surface area (Å²) >= 11 is 0. The second-order valence-electron chi connectivity index (χ2n) is 16.2. The van der Waals surface area contributed by atoms with Crippen LogP contribution in [0, 0.1) is 29.6 Å². The van der Waals surface area contributed by atoms with E-state index < -0.39 is 18.2 Å². The Morgan fingerprint density at radius 1 is 0.912 bits per heavy atom. The van der Waals surface area contributed by atoms with Crippen molar-refractivity contribution in [1.82, 2.24) is 30.5 Å². The van der Waals surface area contributed by atoms with Crippen LogP contribution in [0.15, 0.2) is 90.3 Å². The predicted octanol–water partition coefficient (Wildman–Crippen LogP) is 6.88. The van der Waals surface area contributed by atoms with E-state index in [1.807, 2.05) is 49.3 Å². The van der Waals surface area contributed by atoms with Crippen molar-refractivity contribution in [1.29, 1.82) is 0 Å². The third-order valence-corrected chi connectivity index (χ3v) is 12.5. The second-order valence-corrected chi connectivity index (χ2v) is 16.2. The fraction of sp³-hybridized carbons (Fsp3) is 0.422. The van der Waals surface area contributed by atoms with E-state index in [9.17, 15) is 19.5 Å². The molecule has 2 aromatic heterocycles. The average Bonchev–Trinajstić information content (AvgIpc) is 4.10. The number of hydrogen-bond donors (Lipinski definition) is 4. The summed E-state index contributed by atoms with van der Waals surface area (Å²) in [6, 6.07) is 21.1. The first-order valence-corrected chi connectivity index (χ1v) is 20.2. The number of aliphatic hydroxyl groups excluding tert-OH is 1. The number of H-pyrrole nitrogens is 1. The van der Waals surface area contributed by atoms with Crippen molar-refractivity contribution in [2.24, 2.45) is 34.6 Å². The molecule has 2 aromatic carbocycles. The number of likely N-dealkylation sites (tertiary alicyclic amines) is 1. The highest BCUT2D eigenvalue weighted by molar-refractivity contribution is 6.02. The number of aliphatic hydroxyl groups is 1.